The fourth-order valence-corrected chi connectivity index (χ4v) is 4.27. The van der Waals surface area contributed by atoms with Crippen LogP contribution < -0.4 is 0 Å². The van der Waals surface area contributed by atoms with Crippen LogP contribution in [0.2, 0.25) is 0 Å². The van der Waals surface area contributed by atoms with Gasteiger partial charge in [-0.2, -0.15) is 0 Å². The Hall–Kier alpha value is -1.49. The molecule has 5 heteroatoms. The number of amides is 1. The van der Waals surface area contributed by atoms with Gasteiger partial charge in [0.1, 0.15) is 0 Å². The van der Waals surface area contributed by atoms with E-state index in [4.69, 9.17) is 0 Å². The molecule has 1 spiro atoms. The first-order chi connectivity index (χ1) is 11.6. The molecule has 3 nitrogen and oxygen atoms in total. The molecule has 1 amide bonds. The summed E-state index contributed by atoms with van der Waals surface area (Å²) in [5.41, 5.74) is 0.867. The van der Waals surface area contributed by atoms with Crippen molar-refractivity contribution >= 4 is 5.91 Å². The fraction of sp³-hybridized carbons (Fsp3) is 0.632. The van der Waals surface area contributed by atoms with Gasteiger partial charge in [-0.1, -0.05) is 6.07 Å². The summed E-state index contributed by atoms with van der Waals surface area (Å²) in [6.07, 6.45) is 6.20. The number of likely N-dealkylation sites (tertiary alicyclic amines) is 2. The summed E-state index contributed by atoms with van der Waals surface area (Å²) < 4.78 is 26.4. The van der Waals surface area contributed by atoms with Crippen molar-refractivity contribution in [3.8, 4) is 0 Å². The highest BCUT2D eigenvalue weighted by molar-refractivity contribution is 5.79. The van der Waals surface area contributed by atoms with Gasteiger partial charge in [-0.3, -0.25) is 9.69 Å². The minimum Gasteiger partial charge on any atom is -0.337 e. The highest BCUT2D eigenvalue weighted by Crippen LogP contribution is 2.42. The third-order valence-corrected chi connectivity index (χ3v) is 5.99. The molecular formula is C19H24F2N2O. The van der Waals surface area contributed by atoms with Crippen molar-refractivity contribution < 1.29 is 13.6 Å². The molecule has 1 aliphatic carbocycles. The second-order valence-electron chi connectivity index (χ2n) is 7.70. The topological polar surface area (TPSA) is 23.6 Å². The molecule has 0 N–H and O–H groups in total. The predicted octanol–water partition coefficient (Wildman–Crippen LogP) is 3.33. The van der Waals surface area contributed by atoms with Crippen LogP contribution in [-0.2, 0) is 11.3 Å². The standard InChI is InChI=1S/C19H24F2N2O/c20-16-4-3-15(11-17(16)21)12-22-9-7-19(8-10-22)6-5-18(24)23(19)13-14-1-2-14/h3-4,11,14H,1-2,5-10,12-13H2. The van der Waals surface area contributed by atoms with Crippen molar-refractivity contribution in [2.75, 3.05) is 19.6 Å². The number of hydrogen-bond donors (Lipinski definition) is 0. The van der Waals surface area contributed by atoms with E-state index in [1.165, 1.54) is 25.0 Å². The van der Waals surface area contributed by atoms with E-state index in [0.29, 0.717) is 18.9 Å². The monoisotopic (exact) mass is 334 g/mol. The Balaban J connectivity index is 1.38. The molecule has 130 valence electrons. The van der Waals surface area contributed by atoms with Gasteiger partial charge in [-0.15, -0.1) is 0 Å². The molecule has 0 bridgehead atoms. The molecule has 3 fully saturated rings. The van der Waals surface area contributed by atoms with Gasteiger partial charge in [0, 0.05) is 38.1 Å². The summed E-state index contributed by atoms with van der Waals surface area (Å²) in [7, 11) is 0. The van der Waals surface area contributed by atoms with E-state index in [0.717, 1.165) is 50.4 Å². The third-order valence-electron chi connectivity index (χ3n) is 5.99. The second-order valence-corrected chi connectivity index (χ2v) is 7.70. The number of piperidine rings is 1. The first-order valence-electron chi connectivity index (χ1n) is 9.02. The Morgan fingerprint density at radius 2 is 1.83 bits per heavy atom. The van der Waals surface area contributed by atoms with E-state index >= 15 is 0 Å². The van der Waals surface area contributed by atoms with E-state index < -0.39 is 11.6 Å². The molecule has 1 aromatic carbocycles. The van der Waals surface area contributed by atoms with Crippen molar-refractivity contribution in [2.45, 2.75) is 50.6 Å². The van der Waals surface area contributed by atoms with Crippen molar-refractivity contribution in [3.05, 3.63) is 35.4 Å². The van der Waals surface area contributed by atoms with Crippen LogP contribution in [0.25, 0.3) is 0 Å². The van der Waals surface area contributed by atoms with Gasteiger partial charge in [-0.05, 0) is 55.7 Å². The summed E-state index contributed by atoms with van der Waals surface area (Å²) in [6, 6.07) is 4.14. The summed E-state index contributed by atoms with van der Waals surface area (Å²) in [6.45, 7) is 3.41. The van der Waals surface area contributed by atoms with Crippen LogP contribution in [-0.4, -0.2) is 40.9 Å². The van der Waals surface area contributed by atoms with Crippen molar-refractivity contribution in [1.82, 2.24) is 9.80 Å². The summed E-state index contributed by atoms with van der Waals surface area (Å²) in [5, 5.41) is 0. The zero-order valence-corrected chi connectivity index (χ0v) is 13.9. The van der Waals surface area contributed by atoms with Crippen LogP contribution in [0, 0.1) is 17.6 Å². The van der Waals surface area contributed by atoms with E-state index in [1.807, 2.05) is 0 Å². The lowest BCUT2D eigenvalue weighted by Crippen LogP contribution is -2.53. The Labute approximate surface area is 141 Å². The molecule has 1 aromatic rings. The zero-order valence-electron chi connectivity index (χ0n) is 13.9. The summed E-state index contributed by atoms with van der Waals surface area (Å²) >= 11 is 0. The average molecular weight is 334 g/mol. The minimum atomic E-state index is -0.795. The maximum atomic E-state index is 13.4. The molecular weight excluding hydrogens is 310 g/mol. The highest BCUT2D eigenvalue weighted by atomic mass is 19.2. The van der Waals surface area contributed by atoms with Gasteiger partial charge < -0.3 is 4.90 Å². The molecule has 0 unspecified atom stereocenters. The molecule has 2 aliphatic heterocycles. The maximum Gasteiger partial charge on any atom is 0.223 e. The SMILES string of the molecule is O=C1CCC2(CCN(Cc3ccc(F)c(F)c3)CC2)N1CC1CC1. The first-order valence-corrected chi connectivity index (χ1v) is 9.02. The summed E-state index contributed by atoms with van der Waals surface area (Å²) in [5.74, 6) is -0.519. The molecule has 24 heavy (non-hydrogen) atoms. The van der Waals surface area contributed by atoms with Gasteiger partial charge in [0.15, 0.2) is 11.6 Å². The van der Waals surface area contributed by atoms with Crippen LogP contribution in [0.15, 0.2) is 18.2 Å². The Kier molecular flexibility index (Phi) is 4.07. The third kappa shape index (κ3) is 3.06. The van der Waals surface area contributed by atoms with Crippen molar-refractivity contribution in [3.63, 3.8) is 0 Å². The van der Waals surface area contributed by atoms with E-state index in [-0.39, 0.29) is 5.54 Å². The van der Waals surface area contributed by atoms with Crippen LogP contribution in [0.4, 0.5) is 8.78 Å². The Bertz CT molecular complexity index is 636. The van der Waals surface area contributed by atoms with Crippen LogP contribution >= 0.6 is 0 Å². The Morgan fingerprint density at radius 1 is 1.08 bits per heavy atom. The molecule has 1 saturated carbocycles. The lowest BCUT2D eigenvalue weighted by molar-refractivity contribution is -0.132. The van der Waals surface area contributed by atoms with Crippen molar-refractivity contribution in [1.29, 1.82) is 0 Å². The fourth-order valence-electron chi connectivity index (χ4n) is 4.27. The predicted molar refractivity (Wildman–Crippen MR) is 87.3 cm³/mol. The average Bonchev–Trinajstić information content (AvgIpc) is 3.35. The van der Waals surface area contributed by atoms with Crippen LogP contribution in [0.3, 0.4) is 0 Å². The first kappa shape index (κ1) is 16.0. The number of hydrogen-bond acceptors (Lipinski definition) is 2. The zero-order chi connectivity index (χ0) is 16.7. The van der Waals surface area contributed by atoms with Gasteiger partial charge in [0.2, 0.25) is 5.91 Å². The van der Waals surface area contributed by atoms with E-state index in [9.17, 15) is 13.6 Å². The number of carbonyl (C=O) groups excluding carboxylic acids is 1. The minimum absolute atomic E-state index is 0.0597. The van der Waals surface area contributed by atoms with Crippen LogP contribution in [0.1, 0.15) is 44.1 Å². The molecule has 0 aromatic heterocycles. The molecule has 4 rings (SSSR count). The highest BCUT2D eigenvalue weighted by Gasteiger charge is 2.48. The number of rotatable bonds is 4. The summed E-state index contributed by atoms with van der Waals surface area (Å²) in [4.78, 5) is 16.8. The Morgan fingerprint density at radius 3 is 2.50 bits per heavy atom. The number of halogens is 2. The molecule has 2 saturated heterocycles. The van der Waals surface area contributed by atoms with Gasteiger partial charge >= 0.3 is 0 Å². The lowest BCUT2D eigenvalue weighted by atomic mass is 9.84. The quantitative estimate of drug-likeness (QED) is 0.843. The second kappa shape index (κ2) is 6.10. The number of benzene rings is 1. The van der Waals surface area contributed by atoms with Gasteiger partial charge in [-0.25, -0.2) is 8.78 Å². The van der Waals surface area contributed by atoms with E-state index in [2.05, 4.69) is 9.80 Å². The van der Waals surface area contributed by atoms with Crippen molar-refractivity contribution in [2.24, 2.45) is 5.92 Å². The van der Waals surface area contributed by atoms with Crippen LogP contribution in [0.5, 0.6) is 0 Å². The van der Waals surface area contributed by atoms with E-state index in [1.54, 1.807) is 6.07 Å². The number of carbonyl (C=O) groups is 1. The smallest absolute Gasteiger partial charge is 0.223 e. The van der Waals surface area contributed by atoms with Gasteiger partial charge in [0.05, 0.1) is 0 Å². The molecule has 0 radical (unpaired) electrons. The molecule has 2 heterocycles. The molecule has 3 aliphatic rings. The lowest BCUT2D eigenvalue weighted by Gasteiger charge is -2.45. The number of nitrogens with zero attached hydrogens (tertiary/aromatic N) is 2. The largest absolute Gasteiger partial charge is 0.337 e. The molecule has 0 atom stereocenters. The normalized spacial score (nSPS) is 24.1. The van der Waals surface area contributed by atoms with Gasteiger partial charge in [0.25, 0.3) is 0 Å². The maximum absolute atomic E-state index is 13.4.